The van der Waals surface area contributed by atoms with Gasteiger partial charge in [0, 0.05) is 6.42 Å². The highest BCUT2D eigenvalue weighted by Crippen LogP contribution is 2.44. The second-order valence-electron chi connectivity index (χ2n) is 7.73. The molecule has 0 spiro atoms. The first-order chi connectivity index (χ1) is 14.7. The van der Waals surface area contributed by atoms with E-state index < -0.39 is 66.3 Å². The molecule has 12 heteroatoms. The van der Waals surface area contributed by atoms with Crippen molar-refractivity contribution in [1.82, 2.24) is 0 Å². The van der Waals surface area contributed by atoms with Crippen LogP contribution >= 0.6 is 0 Å². The molecule has 0 aromatic heterocycles. The van der Waals surface area contributed by atoms with Crippen LogP contribution in [0.2, 0.25) is 0 Å². The van der Waals surface area contributed by atoms with E-state index in [1.165, 1.54) is 0 Å². The summed E-state index contributed by atoms with van der Waals surface area (Å²) in [6.07, 6.45) is -11.9. The lowest BCUT2D eigenvalue weighted by atomic mass is 10.0. The van der Waals surface area contributed by atoms with Crippen LogP contribution < -0.4 is 0 Å². The van der Waals surface area contributed by atoms with Gasteiger partial charge in [0.05, 0.1) is 12.7 Å². The smallest absolute Gasteiger partial charge is 0.368 e. The van der Waals surface area contributed by atoms with E-state index in [4.69, 9.17) is 18.9 Å². The summed E-state index contributed by atoms with van der Waals surface area (Å²) in [7, 11) is 0. The maximum absolute atomic E-state index is 13.9. The fourth-order valence-corrected chi connectivity index (χ4v) is 3.34. The lowest BCUT2D eigenvalue weighted by Gasteiger charge is -2.25. The molecule has 2 aliphatic heterocycles. The predicted octanol–water partition coefficient (Wildman–Crippen LogP) is 4.76. The molecule has 4 atom stereocenters. The third kappa shape index (κ3) is 4.98. The summed E-state index contributed by atoms with van der Waals surface area (Å²) in [6.45, 7) is 3.13. The van der Waals surface area contributed by atoms with Crippen molar-refractivity contribution in [2.45, 2.75) is 69.4 Å². The third-order valence-electron chi connectivity index (χ3n) is 4.83. The topological polar surface area (TPSA) is 54.0 Å². The van der Waals surface area contributed by atoms with Gasteiger partial charge < -0.3 is 18.9 Å². The number of ketones is 1. The first-order valence-corrected chi connectivity index (χ1v) is 9.43. The molecule has 0 amide bonds. The summed E-state index contributed by atoms with van der Waals surface area (Å²) in [6, 6.07) is 8.67. The van der Waals surface area contributed by atoms with Gasteiger partial charge in [0.25, 0.3) is 0 Å². The number of allylic oxidation sites excluding steroid dienone is 2. The van der Waals surface area contributed by atoms with Gasteiger partial charge in [-0.3, -0.25) is 4.79 Å². The number of hydrogen-bond donors (Lipinski definition) is 0. The second kappa shape index (κ2) is 8.73. The summed E-state index contributed by atoms with van der Waals surface area (Å²) < 4.78 is 113. The predicted molar refractivity (Wildman–Crippen MR) is 93.6 cm³/mol. The van der Waals surface area contributed by atoms with E-state index >= 15 is 0 Å². The van der Waals surface area contributed by atoms with Crippen molar-refractivity contribution < 1.29 is 54.5 Å². The zero-order chi connectivity index (χ0) is 23.9. The van der Waals surface area contributed by atoms with Crippen LogP contribution in [0.25, 0.3) is 0 Å². The normalized spacial score (nSPS) is 28.4. The average Bonchev–Trinajstić information content (AvgIpc) is 3.15. The molecule has 2 fully saturated rings. The number of hydrogen-bond acceptors (Lipinski definition) is 5. The first kappa shape index (κ1) is 24.6. The van der Waals surface area contributed by atoms with Crippen molar-refractivity contribution in [3.05, 3.63) is 47.5 Å². The number of fused-ring (bicyclic) bond motifs is 1. The van der Waals surface area contributed by atoms with Crippen LogP contribution in [-0.4, -0.2) is 48.3 Å². The molecule has 1 aromatic carbocycles. The Morgan fingerprint density at radius 1 is 1.06 bits per heavy atom. The molecule has 2 aliphatic rings. The summed E-state index contributed by atoms with van der Waals surface area (Å²) in [4.78, 5) is 12.0. The summed E-state index contributed by atoms with van der Waals surface area (Å²) >= 11 is 0. The van der Waals surface area contributed by atoms with Gasteiger partial charge in [-0.15, -0.1) is 0 Å². The minimum absolute atomic E-state index is 0.00854. The Hall–Kier alpha value is -2.02. The molecule has 3 rings (SSSR count). The molecule has 0 aliphatic carbocycles. The summed E-state index contributed by atoms with van der Waals surface area (Å²) in [5, 5.41) is 0. The number of carbonyl (C=O) groups is 1. The minimum atomic E-state index is -6.41. The highest BCUT2D eigenvalue weighted by molar-refractivity contribution is 5.94. The quantitative estimate of drug-likeness (QED) is 0.423. The SMILES string of the molecule is CC1(C)O[C@H]2O[C@H](CC(=O)/C(F)=C(\F)C(F)(F)C(F)(F)F)[C@H](OCc3ccccc3)[C@H]2O1. The Balaban J connectivity index is 1.77. The van der Waals surface area contributed by atoms with Crippen molar-refractivity contribution in [2.75, 3.05) is 0 Å². The molecule has 1 aromatic rings. The zero-order valence-corrected chi connectivity index (χ0v) is 16.8. The van der Waals surface area contributed by atoms with Gasteiger partial charge >= 0.3 is 12.1 Å². The van der Waals surface area contributed by atoms with Gasteiger partial charge in [0.15, 0.2) is 17.9 Å². The molecule has 0 N–H and O–H groups in total. The van der Waals surface area contributed by atoms with Crippen LogP contribution in [0.1, 0.15) is 25.8 Å². The third-order valence-corrected chi connectivity index (χ3v) is 4.83. The highest BCUT2D eigenvalue weighted by Gasteiger charge is 2.63. The van der Waals surface area contributed by atoms with Crippen molar-refractivity contribution in [3.8, 4) is 0 Å². The van der Waals surface area contributed by atoms with Crippen LogP contribution in [0.3, 0.4) is 0 Å². The van der Waals surface area contributed by atoms with Crippen molar-refractivity contribution in [3.63, 3.8) is 0 Å². The lowest BCUT2D eigenvalue weighted by Crippen LogP contribution is -2.39. The molecule has 0 saturated carbocycles. The van der Waals surface area contributed by atoms with Crippen molar-refractivity contribution in [2.24, 2.45) is 0 Å². The molecule has 0 radical (unpaired) electrons. The van der Waals surface area contributed by atoms with Crippen molar-refractivity contribution >= 4 is 5.78 Å². The van der Waals surface area contributed by atoms with Crippen LogP contribution in [-0.2, 0) is 30.3 Å². The largest absolute Gasteiger partial charge is 0.460 e. The van der Waals surface area contributed by atoms with E-state index in [0.717, 1.165) is 0 Å². The van der Waals surface area contributed by atoms with Gasteiger partial charge in [-0.1, -0.05) is 30.3 Å². The number of alkyl halides is 5. The van der Waals surface area contributed by atoms with Crippen molar-refractivity contribution in [1.29, 1.82) is 0 Å². The molecular formula is C20H19F7O5. The number of benzene rings is 1. The summed E-state index contributed by atoms with van der Waals surface area (Å²) in [5.41, 5.74) is 0.709. The number of rotatable bonds is 7. The van der Waals surface area contributed by atoms with Crippen LogP contribution in [0.15, 0.2) is 42.0 Å². The van der Waals surface area contributed by atoms with Crippen LogP contribution in [0.4, 0.5) is 30.7 Å². The maximum atomic E-state index is 13.9. The van der Waals surface area contributed by atoms with E-state index in [2.05, 4.69) is 0 Å². The molecule has 32 heavy (non-hydrogen) atoms. The number of carbonyl (C=O) groups excluding carboxylic acids is 1. The van der Waals surface area contributed by atoms with Gasteiger partial charge in [-0.25, -0.2) is 4.39 Å². The van der Waals surface area contributed by atoms with E-state index in [-0.39, 0.29) is 6.61 Å². The number of Topliss-reactive ketones (excluding diaryl/α,β-unsaturated/α-hetero) is 1. The monoisotopic (exact) mass is 472 g/mol. The van der Waals surface area contributed by atoms with E-state index in [9.17, 15) is 35.5 Å². The van der Waals surface area contributed by atoms with Gasteiger partial charge in [0.2, 0.25) is 11.7 Å². The number of ether oxygens (including phenoxy) is 4. The highest BCUT2D eigenvalue weighted by atomic mass is 19.4. The van der Waals surface area contributed by atoms with Gasteiger partial charge in [-0.2, -0.15) is 26.3 Å². The molecule has 5 nitrogen and oxygen atoms in total. The Morgan fingerprint density at radius 2 is 1.69 bits per heavy atom. The fourth-order valence-electron chi connectivity index (χ4n) is 3.34. The molecule has 0 unspecified atom stereocenters. The Morgan fingerprint density at radius 3 is 2.28 bits per heavy atom. The second-order valence-corrected chi connectivity index (χ2v) is 7.73. The van der Waals surface area contributed by atoms with E-state index in [1.54, 1.807) is 44.2 Å². The molecule has 2 heterocycles. The zero-order valence-electron chi connectivity index (χ0n) is 16.8. The Labute approximate surface area is 178 Å². The van der Waals surface area contributed by atoms with Gasteiger partial charge in [-0.05, 0) is 19.4 Å². The van der Waals surface area contributed by atoms with Crippen LogP contribution in [0.5, 0.6) is 0 Å². The molecule has 0 bridgehead atoms. The standard InChI is InChI=1S/C20H19F7O5/c1-18(2)31-15-14(29-9-10-6-4-3-5-7-10)12(30-17(15)32-18)8-11(28)13(21)16(22)19(23,24)20(25,26)27/h3-7,12,14-15,17H,8-9H2,1-2H3/b16-13+/t12-,14+,15-,17-/m1/s1. The molecular weight excluding hydrogens is 453 g/mol. The Kier molecular flexibility index (Phi) is 6.72. The number of halogens is 7. The first-order valence-electron chi connectivity index (χ1n) is 9.43. The fraction of sp³-hybridized carbons (Fsp3) is 0.550. The maximum Gasteiger partial charge on any atom is 0.460 e. The van der Waals surface area contributed by atoms with Gasteiger partial charge in [0.1, 0.15) is 12.2 Å². The molecule has 2 saturated heterocycles. The van der Waals surface area contributed by atoms with Crippen LogP contribution in [0, 0.1) is 0 Å². The van der Waals surface area contributed by atoms with E-state index in [1.807, 2.05) is 0 Å². The van der Waals surface area contributed by atoms with E-state index in [0.29, 0.717) is 5.56 Å². The molecule has 178 valence electrons. The Bertz CT molecular complexity index is 869. The summed E-state index contributed by atoms with van der Waals surface area (Å²) in [5.74, 6) is -15.5. The lowest BCUT2D eigenvalue weighted by molar-refractivity contribution is -0.271. The average molecular weight is 472 g/mol. The minimum Gasteiger partial charge on any atom is -0.368 e.